The number of anilines is 1. The lowest BCUT2D eigenvalue weighted by Crippen LogP contribution is -2.13. The van der Waals surface area contributed by atoms with E-state index in [1.807, 2.05) is 0 Å². The van der Waals surface area contributed by atoms with Gasteiger partial charge in [-0.05, 0) is 18.2 Å². The molecule has 1 aromatic heterocycles. The number of halogens is 1. The predicted molar refractivity (Wildman–Crippen MR) is 67.8 cm³/mol. The topological polar surface area (TPSA) is 112 Å². The highest BCUT2D eigenvalue weighted by atomic mass is 35.5. The van der Waals surface area contributed by atoms with Crippen molar-refractivity contribution >= 4 is 33.3 Å². The van der Waals surface area contributed by atoms with Gasteiger partial charge in [0.2, 0.25) is 0 Å². The molecule has 2 rings (SSSR count). The molecule has 0 fully saturated rings. The van der Waals surface area contributed by atoms with Crippen LogP contribution in [-0.4, -0.2) is 29.5 Å². The van der Waals surface area contributed by atoms with Crippen LogP contribution in [0.4, 0.5) is 5.69 Å². The van der Waals surface area contributed by atoms with Gasteiger partial charge in [-0.15, -0.1) is 0 Å². The Kier molecular flexibility index (Phi) is 3.45. The molecule has 0 aliphatic rings. The molecular formula is C10H8ClN3O4S. The summed E-state index contributed by atoms with van der Waals surface area (Å²) < 4.78 is 26.0. The zero-order chi connectivity index (χ0) is 14.0. The van der Waals surface area contributed by atoms with Crippen molar-refractivity contribution in [1.29, 1.82) is 0 Å². The molecule has 2 aromatic rings. The van der Waals surface area contributed by atoms with E-state index in [4.69, 9.17) is 16.7 Å². The number of carboxylic acids is 1. The molecular weight excluding hydrogens is 294 g/mol. The zero-order valence-electron chi connectivity index (χ0n) is 9.29. The third-order valence-corrected chi connectivity index (χ3v) is 3.83. The van der Waals surface area contributed by atoms with E-state index >= 15 is 0 Å². The SMILES string of the molecule is O=C(O)c1ccc(NS(=O)(=O)c2cnc[nH]2)c(Cl)c1. The lowest BCUT2D eigenvalue weighted by atomic mass is 10.2. The number of rotatable bonds is 4. The van der Waals surface area contributed by atoms with Crippen molar-refractivity contribution < 1.29 is 18.3 Å². The summed E-state index contributed by atoms with van der Waals surface area (Å²) in [5, 5.41) is 8.64. The number of imidazole rings is 1. The number of aromatic carboxylic acids is 1. The number of aromatic nitrogens is 2. The van der Waals surface area contributed by atoms with Crippen LogP contribution in [-0.2, 0) is 10.0 Å². The first-order valence-corrected chi connectivity index (χ1v) is 6.80. The average molecular weight is 302 g/mol. The van der Waals surface area contributed by atoms with E-state index in [1.54, 1.807) is 0 Å². The summed E-state index contributed by atoms with van der Waals surface area (Å²) >= 11 is 5.82. The molecule has 0 aliphatic heterocycles. The van der Waals surface area contributed by atoms with E-state index in [1.165, 1.54) is 18.5 Å². The third-order valence-electron chi connectivity index (χ3n) is 2.22. The Morgan fingerprint density at radius 1 is 1.42 bits per heavy atom. The normalized spacial score (nSPS) is 11.2. The van der Waals surface area contributed by atoms with Crippen LogP contribution in [0.1, 0.15) is 10.4 Å². The van der Waals surface area contributed by atoms with Crippen molar-refractivity contribution in [3.63, 3.8) is 0 Å². The number of nitrogens with zero attached hydrogens (tertiary/aromatic N) is 1. The first kappa shape index (κ1) is 13.4. The number of H-pyrrole nitrogens is 1. The van der Waals surface area contributed by atoms with Crippen LogP contribution in [0, 0.1) is 0 Å². The zero-order valence-corrected chi connectivity index (χ0v) is 10.9. The molecule has 0 bridgehead atoms. The van der Waals surface area contributed by atoms with Crippen molar-refractivity contribution in [1.82, 2.24) is 9.97 Å². The summed E-state index contributed by atoms with van der Waals surface area (Å²) in [4.78, 5) is 16.8. The number of carbonyl (C=O) groups is 1. The molecule has 0 saturated heterocycles. The summed E-state index contributed by atoms with van der Waals surface area (Å²) in [5.74, 6) is -1.15. The summed E-state index contributed by atoms with van der Waals surface area (Å²) in [5.41, 5.74) is 0.0516. The Morgan fingerprint density at radius 3 is 2.68 bits per heavy atom. The summed E-state index contributed by atoms with van der Waals surface area (Å²) in [6.07, 6.45) is 2.37. The first-order chi connectivity index (χ1) is 8.90. The number of carboxylic acid groups (broad SMARTS) is 1. The van der Waals surface area contributed by atoms with Gasteiger partial charge in [0.15, 0.2) is 5.03 Å². The van der Waals surface area contributed by atoms with E-state index in [0.29, 0.717) is 0 Å². The number of hydrogen-bond donors (Lipinski definition) is 3. The molecule has 100 valence electrons. The smallest absolute Gasteiger partial charge is 0.335 e. The van der Waals surface area contributed by atoms with Gasteiger partial charge >= 0.3 is 5.97 Å². The monoisotopic (exact) mass is 301 g/mol. The fourth-order valence-corrected chi connectivity index (χ4v) is 2.59. The standard InChI is InChI=1S/C10H8ClN3O4S/c11-7-3-6(10(15)16)1-2-8(7)14-19(17,18)9-4-12-5-13-9/h1-5,14H,(H,12,13)(H,15,16). The van der Waals surface area contributed by atoms with E-state index in [2.05, 4.69) is 14.7 Å². The van der Waals surface area contributed by atoms with Crippen molar-refractivity contribution in [2.45, 2.75) is 5.03 Å². The van der Waals surface area contributed by atoms with Gasteiger partial charge in [-0.25, -0.2) is 9.78 Å². The van der Waals surface area contributed by atoms with E-state index in [9.17, 15) is 13.2 Å². The predicted octanol–water partition coefficient (Wildman–Crippen LogP) is 1.56. The molecule has 3 N–H and O–H groups in total. The fourth-order valence-electron chi connectivity index (χ4n) is 1.32. The van der Waals surface area contributed by atoms with Gasteiger partial charge in [0, 0.05) is 0 Å². The summed E-state index contributed by atoms with van der Waals surface area (Å²) in [7, 11) is -3.83. The van der Waals surface area contributed by atoms with Gasteiger partial charge in [-0.3, -0.25) is 4.72 Å². The molecule has 0 spiro atoms. The number of hydrogen-bond acceptors (Lipinski definition) is 4. The minimum absolute atomic E-state index is 0.0111. The molecule has 0 unspecified atom stereocenters. The Morgan fingerprint density at radius 2 is 2.16 bits per heavy atom. The van der Waals surface area contributed by atoms with Crippen LogP contribution in [0.3, 0.4) is 0 Å². The van der Waals surface area contributed by atoms with Gasteiger partial charge in [0.05, 0.1) is 28.8 Å². The quantitative estimate of drug-likeness (QED) is 0.793. The first-order valence-electron chi connectivity index (χ1n) is 4.94. The summed E-state index contributed by atoms with van der Waals surface area (Å²) in [6, 6.07) is 3.69. The maximum atomic E-state index is 11.9. The Balaban J connectivity index is 2.32. The average Bonchev–Trinajstić information content (AvgIpc) is 2.85. The number of sulfonamides is 1. The van der Waals surface area contributed by atoms with Crippen molar-refractivity contribution in [3.8, 4) is 0 Å². The van der Waals surface area contributed by atoms with Crippen molar-refractivity contribution in [2.75, 3.05) is 4.72 Å². The van der Waals surface area contributed by atoms with E-state index in [0.717, 1.165) is 12.3 Å². The van der Waals surface area contributed by atoms with E-state index in [-0.39, 0.29) is 21.3 Å². The Hall–Kier alpha value is -2.06. The molecule has 19 heavy (non-hydrogen) atoms. The van der Waals surface area contributed by atoms with Crippen LogP contribution in [0.5, 0.6) is 0 Å². The third kappa shape index (κ3) is 2.85. The van der Waals surface area contributed by atoms with Crippen molar-refractivity contribution in [2.24, 2.45) is 0 Å². The molecule has 0 saturated carbocycles. The second-order valence-corrected chi connectivity index (χ2v) is 5.58. The van der Waals surface area contributed by atoms with Crippen LogP contribution in [0.2, 0.25) is 5.02 Å². The molecule has 0 radical (unpaired) electrons. The second-order valence-electron chi connectivity index (χ2n) is 3.52. The van der Waals surface area contributed by atoms with Crippen LogP contribution < -0.4 is 4.72 Å². The number of nitrogens with one attached hydrogen (secondary N) is 2. The lowest BCUT2D eigenvalue weighted by Gasteiger charge is -2.08. The minimum atomic E-state index is -3.83. The summed E-state index contributed by atoms with van der Waals surface area (Å²) in [6.45, 7) is 0. The number of benzene rings is 1. The van der Waals surface area contributed by atoms with Crippen LogP contribution >= 0.6 is 11.6 Å². The van der Waals surface area contributed by atoms with Gasteiger partial charge in [0.1, 0.15) is 0 Å². The minimum Gasteiger partial charge on any atom is -0.478 e. The lowest BCUT2D eigenvalue weighted by molar-refractivity contribution is 0.0697. The second kappa shape index (κ2) is 4.90. The highest BCUT2D eigenvalue weighted by molar-refractivity contribution is 7.92. The van der Waals surface area contributed by atoms with Gasteiger partial charge in [0.25, 0.3) is 10.0 Å². The van der Waals surface area contributed by atoms with Crippen molar-refractivity contribution in [3.05, 3.63) is 41.3 Å². The molecule has 7 nitrogen and oxygen atoms in total. The van der Waals surface area contributed by atoms with Gasteiger partial charge in [-0.2, -0.15) is 8.42 Å². The molecule has 9 heteroatoms. The molecule has 1 heterocycles. The Bertz CT molecular complexity index is 712. The van der Waals surface area contributed by atoms with Gasteiger partial charge in [-0.1, -0.05) is 11.6 Å². The van der Waals surface area contributed by atoms with Crippen LogP contribution in [0.25, 0.3) is 0 Å². The molecule has 0 amide bonds. The largest absolute Gasteiger partial charge is 0.478 e. The van der Waals surface area contributed by atoms with Crippen LogP contribution in [0.15, 0.2) is 35.7 Å². The maximum Gasteiger partial charge on any atom is 0.335 e. The molecule has 1 aromatic carbocycles. The number of aromatic amines is 1. The molecule has 0 atom stereocenters. The fraction of sp³-hybridized carbons (Fsp3) is 0. The highest BCUT2D eigenvalue weighted by Gasteiger charge is 2.17. The molecule has 0 aliphatic carbocycles. The van der Waals surface area contributed by atoms with E-state index < -0.39 is 16.0 Å². The Labute approximate surface area is 113 Å². The highest BCUT2D eigenvalue weighted by Crippen LogP contribution is 2.25. The maximum absolute atomic E-state index is 11.9. The van der Waals surface area contributed by atoms with Gasteiger partial charge < -0.3 is 10.1 Å².